The van der Waals surface area contributed by atoms with Crippen molar-refractivity contribution in [2.24, 2.45) is 0 Å². The molecule has 0 atom stereocenters. The van der Waals surface area contributed by atoms with Gasteiger partial charge < -0.3 is 10.2 Å². The predicted octanol–water partition coefficient (Wildman–Crippen LogP) is 2.66. The average molecular weight is 305 g/mol. The summed E-state index contributed by atoms with van der Waals surface area (Å²) in [5, 5.41) is 13.3. The molecule has 0 unspecified atom stereocenters. The minimum Gasteiger partial charge on any atom is -0.383 e. The molecule has 0 aromatic heterocycles. The van der Waals surface area contributed by atoms with Crippen LogP contribution < -0.4 is 5.32 Å². The number of amides is 1. The normalized spacial score (nSPS) is 11.1. The molecule has 0 radical (unpaired) electrons. The van der Waals surface area contributed by atoms with Gasteiger partial charge in [0.2, 0.25) is 0 Å². The van der Waals surface area contributed by atoms with E-state index in [1.165, 1.54) is 20.0 Å². The average Bonchev–Trinajstić information content (AvgIpc) is 2.42. The lowest BCUT2D eigenvalue weighted by atomic mass is 10.1. The molecule has 1 N–H and O–H groups in total. The number of anilines is 1. The number of nitro benzene ring substituents is 1. The van der Waals surface area contributed by atoms with Crippen molar-refractivity contribution < 1.29 is 22.9 Å². The number of hydrogen-bond donors (Lipinski definition) is 1. The summed E-state index contributed by atoms with van der Waals surface area (Å²) in [7, 11) is 1.42. The summed E-state index contributed by atoms with van der Waals surface area (Å²) in [6.07, 6.45) is -4.50. The second kappa shape index (κ2) is 6.42. The zero-order valence-corrected chi connectivity index (χ0v) is 11.4. The van der Waals surface area contributed by atoms with Crippen LogP contribution in [0.25, 0.3) is 0 Å². The van der Waals surface area contributed by atoms with E-state index >= 15 is 0 Å². The molecule has 1 aromatic rings. The summed E-state index contributed by atoms with van der Waals surface area (Å²) in [4.78, 5) is 22.8. The fourth-order valence-corrected chi connectivity index (χ4v) is 1.75. The van der Waals surface area contributed by atoms with Crippen molar-refractivity contribution in [3.63, 3.8) is 0 Å². The molecule has 0 spiro atoms. The van der Waals surface area contributed by atoms with Crippen molar-refractivity contribution in [2.75, 3.05) is 25.5 Å². The van der Waals surface area contributed by atoms with Gasteiger partial charge in [0.1, 0.15) is 12.2 Å². The number of nitro groups is 1. The molecule has 0 saturated carbocycles. The lowest BCUT2D eigenvalue weighted by molar-refractivity contribution is -0.383. The molecule has 0 bridgehead atoms. The fraction of sp³-hybridized carbons (Fsp3) is 0.417. The van der Waals surface area contributed by atoms with Crippen molar-refractivity contribution in [3.8, 4) is 0 Å². The van der Waals surface area contributed by atoms with Gasteiger partial charge >= 0.3 is 6.18 Å². The number of hydrogen-bond acceptors (Lipinski definition) is 4. The fourth-order valence-electron chi connectivity index (χ4n) is 1.75. The third kappa shape index (κ3) is 4.33. The summed E-state index contributed by atoms with van der Waals surface area (Å²) >= 11 is 0. The number of nitrogens with one attached hydrogen (secondary N) is 1. The van der Waals surface area contributed by atoms with Crippen LogP contribution in [0.15, 0.2) is 18.2 Å². The zero-order valence-electron chi connectivity index (χ0n) is 11.4. The molecule has 1 amide bonds. The van der Waals surface area contributed by atoms with Crippen LogP contribution in [0, 0.1) is 10.1 Å². The Morgan fingerprint density at radius 2 is 2.05 bits per heavy atom. The summed E-state index contributed by atoms with van der Waals surface area (Å²) in [5.74, 6) is -0.832. The molecule has 116 valence electrons. The van der Waals surface area contributed by atoms with Gasteiger partial charge in [-0.3, -0.25) is 14.9 Å². The van der Waals surface area contributed by atoms with E-state index in [0.717, 1.165) is 12.1 Å². The van der Waals surface area contributed by atoms with E-state index in [1.807, 2.05) is 0 Å². The summed E-state index contributed by atoms with van der Waals surface area (Å²) in [5.41, 5.74) is -0.238. The minimum absolute atomic E-state index is 0.0453. The van der Waals surface area contributed by atoms with Gasteiger partial charge in [-0.05, 0) is 19.1 Å². The molecule has 0 fully saturated rings. The number of benzene rings is 1. The maximum Gasteiger partial charge on any atom is 0.406 e. The van der Waals surface area contributed by atoms with Crippen LogP contribution in [0.1, 0.15) is 17.3 Å². The number of carbonyl (C=O) groups is 1. The van der Waals surface area contributed by atoms with Crippen LogP contribution in [0.2, 0.25) is 0 Å². The molecule has 9 heteroatoms. The quantitative estimate of drug-likeness (QED) is 0.670. The Kier molecular flexibility index (Phi) is 5.12. The Morgan fingerprint density at radius 3 is 2.48 bits per heavy atom. The second-order valence-corrected chi connectivity index (χ2v) is 4.17. The Balaban J connectivity index is 3.09. The van der Waals surface area contributed by atoms with Gasteiger partial charge in [0.25, 0.3) is 11.6 Å². The Labute approximate surface area is 118 Å². The molecule has 0 heterocycles. The molecular formula is C12H14F3N3O3. The molecule has 0 aliphatic carbocycles. The van der Waals surface area contributed by atoms with Crippen LogP contribution in [0.3, 0.4) is 0 Å². The topological polar surface area (TPSA) is 75.5 Å². The lowest BCUT2D eigenvalue weighted by Gasteiger charge is -2.22. The predicted molar refractivity (Wildman–Crippen MR) is 70.3 cm³/mol. The molecule has 0 aliphatic heterocycles. The highest BCUT2D eigenvalue weighted by Crippen LogP contribution is 2.26. The number of alkyl halides is 3. The second-order valence-electron chi connectivity index (χ2n) is 4.17. The largest absolute Gasteiger partial charge is 0.406 e. The first-order chi connectivity index (χ1) is 9.69. The number of carbonyl (C=O) groups excluding carboxylic acids is 1. The molecule has 6 nitrogen and oxygen atoms in total. The molecule has 0 aliphatic rings. The number of halogens is 3. The van der Waals surface area contributed by atoms with Crippen molar-refractivity contribution in [2.45, 2.75) is 13.1 Å². The van der Waals surface area contributed by atoms with Crippen LogP contribution in [0.5, 0.6) is 0 Å². The maximum atomic E-state index is 12.4. The number of nitrogens with zero attached hydrogens (tertiary/aromatic N) is 2. The monoisotopic (exact) mass is 305 g/mol. The highest BCUT2D eigenvalue weighted by atomic mass is 19.4. The van der Waals surface area contributed by atoms with E-state index in [0.29, 0.717) is 4.90 Å². The zero-order chi connectivity index (χ0) is 16.2. The van der Waals surface area contributed by atoms with Gasteiger partial charge in [-0.2, -0.15) is 13.2 Å². The minimum atomic E-state index is -4.50. The van der Waals surface area contributed by atoms with E-state index in [9.17, 15) is 28.1 Å². The third-order valence-electron chi connectivity index (χ3n) is 2.75. The first-order valence-electron chi connectivity index (χ1n) is 6.01. The summed E-state index contributed by atoms with van der Waals surface area (Å²) < 4.78 is 37.2. The van der Waals surface area contributed by atoms with Crippen molar-refractivity contribution in [1.82, 2.24) is 4.90 Å². The van der Waals surface area contributed by atoms with E-state index in [-0.39, 0.29) is 23.5 Å². The van der Waals surface area contributed by atoms with Gasteiger partial charge in [0.15, 0.2) is 0 Å². The standard InChI is InChI=1S/C12H14F3N3O3/c1-3-17(7-12(13,14)15)11(19)8-4-5-10(18(20)21)9(6-8)16-2/h4-6,16H,3,7H2,1-2H3. The molecule has 1 aromatic carbocycles. The van der Waals surface area contributed by atoms with Gasteiger partial charge in [0, 0.05) is 25.2 Å². The first kappa shape index (κ1) is 16.7. The van der Waals surface area contributed by atoms with Crippen molar-refractivity contribution in [1.29, 1.82) is 0 Å². The molecular weight excluding hydrogens is 291 g/mol. The Bertz CT molecular complexity index is 546. The van der Waals surface area contributed by atoms with Gasteiger partial charge in [-0.15, -0.1) is 0 Å². The Morgan fingerprint density at radius 1 is 1.43 bits per heavy atom. The highest BCUT2D eigenvalue weighted by Gasteiger charge is 2.33. The first-order valence-corrected chi connectivity index (χ1v) is 6.01. The van der Waals surface area contributed by atoms with Crippen LogP contribution in [-0.4, -0.2) is 42.0 Å². The molecule has 1 rings (SSSR count). The van der Waals surface area contributed by atoms with E-state index in [1.54, 1.807) is 0 Å². The molecule has 0 saturated heterocycles. The summed E-state index contributed by atoms with van der Waals surface area (Å²) in [6, 6.07) is 3.39. The van der Waals surface area contributed by atoms with Gasteiger partial charge in [-0.1, -0.05) is 0 Å². The SMILES string of the molecule is CCN(CC(F)(F)F)C(=O)c1ccc([N+](=O)[O-])c(NC)c1. The maximum absolute atomic E-state index is 12.4. The van der Waals surface area contributed by atoms with Crippen molar-refractivity contribution >= 4 is 17.3 Å². The highest BCUT2D eigenvalue weighted by molar-refractivity contribution is 5.96. The number of rotatable bonds is 5. The summed E-state index contributed by atoms with van der Waals surface area (Å²) in [6.45, 7) is -0.0631. The van der Waals surface area contributed by atoms with Gasteiger partial charge in [0.05, 0.1) is 4.92 Å². The third-order valence-corrected chi connectivity index (χ3v) is 2.75. The van der Waals surface area contributed by atoms with Crippen molar-refractivity contribution in [3.05, 3.63) is 33.9 Å². The molecule has 21 heavy (non-hydrogen) atoms. The van der Waals surface area contributed by atoms with Crippen LogP contribution >= 0.6 is 0 Å². The van der Waals surface area contributed by atoms with Crippen LogP contribution in [0.4, 0.5) is 24.5 Å². The van der Waals surface area contributed by atoms with E-state index in [2.05, 4.69) is 5.32 Å². The van der Waals surface area contributed by atoms with E-state index in [4.69, 9.17) is 0 Å². The lowest BCUT2D eigenvalue weighted by Crippen LogP contribution is -2.38. The van der Waals surface area contributed by atoms with E-state index < -0.39 is 23.6 Å². The van der Waals surface area contributed by atoms with Crippen LogP contribution in [-0.2, 0) is 0 Å². The van der Waals surface area contributed by atoms with Gasteiger partial charge in [-0.25, -0.2) is 0 Å². The Hall–Kier alpha value is -2.32. The smallest absolute Gasteiger partial charge is 0.383 e.